The van der Waals surface area contributed by atoms with Crippen LogP contribution in [-0.2, 0) is 14.5 Å². The zero-order valence-electron chi connectivity index (χ0n) is 15.8. The lowest BCUT2D eigenvalue weighted by molar-refractivity contribution is -0.336. The van der Waals surface area contributed by atoms with Crippen LogP contribution in [0, 0.1) is 23.2 Å². The molecule has 3 heteroatoms. The van der Waals surface area contributed by atoms with Crippen LogP contribution in [0.5, 0.6) is 0 Å². The van der Waals surface area contributed by atoms with E-state index in [4.69, 9.17) is 14.5 Å². The van der Waals surface area contributed by atoms with Gasteiger partial charge in [0, 0.05) is 18.3 Å². The molecule has 5 aliphatic rings. The number of rotatable bonds is 2. The van der Waals surface area contributed by atoms with Crippen molar-refractivity contribution in [3.05, 3.63) is 23.0 Å². The zero-order chi connectivity index (χ0) is 17.1. The van der Waals surface area contributed by atoms with Crippen molar-refractivity contribution in [2.75, 3.05) is 13.7 Å². The summed E-state index contributed by atoms with van der Waals surface area (Å²) in [5, 5.41) is 0. The first kappa shape index (κ1) is 16.4. The summed E-state index contributed by atoms with van der Waals surface area (Å²) < 4.78 is 5.54. The molecule has 2 saturated carbocycles. The lowest BCUT2D eigenvalue weighted by Gasteiger charge is -2.55. The monoisotopic (exact) mass is 344 g/mol. The van der Waals surface area contributed by atoms with E-state index in [1.165, 1.54) is 50.7 Å². The van der Waals surface area contributed by atoms with Crippen molar-refractivity contribution >= 4 is 0 Å². The van der Waals surface area contributed by atoms with Gasteiger partial charge >= 0.3 is 0 Å². The van der Waals surface area contributed by atoms with Crippen molar-refractivity contribution in [2.24, 2.45) is 23.2 Å². The number of fused-ring (bicyclic) bond motifs is 5. The Kier molecular flexibility index (Phi) is 3.83. The number of hydrogen-bond acceptors (Lipinski definition) is 3. The molecular weight excluding hydrogens is 312 g/mol. The predicted molar refractivity (Wildman–Crippen MR) is 96.6 cm³/mol. The van der Waals surface area contributed by atoms with Crippen LogP contribution in [0.15, 0.2) is 23.0 Å². The van der Waals surface area contributed by atoms with Crippen LogP contribution in [0.25, 0.3) is 0 Å². The quantitative estimate of drug-likeness (QED) is 0.501. The maximum absolute atomic E-state index is 6.04. The van der Waals surface area contributed by atoms with Gasteiger partial charge in [-0.1, -0.05) is 18.1 Å². The second kappa shape index (κ2) is 5.85. The SMILES string of the molecule is CC[C@]12CC[C@@H]3C4=C(CC[C@H]3[C@@H]1CCC21CCOO1)CC(OC)=CC4. The molecule has 25 heavy (non-hydrogen) atoms. The standard InChI is InChI=1S/C22H32O3/c1-3-21-10-8-18-17-7-5-16(23-2)14-15(17)4-6-19(18)20(21)9-11-22(21)12-13-24-25-22/h5,18-20H,3-4,6-14H2,1-2H3/t18-,19-,20+,21+,22?/m1/s1. The van der Waals surface area contributed by atoms with Crippen LogP contribution in [0.4, 0.5) is 0 Å². The maximum atomic E-state index is 6.04. The largest absolute Gasteiger partial charge is 0.501 e. The third-order valence-electron chi connectivity index (χ3n) is 8.73. The Bertz CT molecular complexity index is 613. The lowest BCUT2D eigenvalue weighted by Crippen LogP contribution is -2.52. The van der Waals surface area contributed by atoms with Crippen molar-refractivity contribution in [3.8, 4) is 0 Å². The van der Waals surface area contributed by atoms with Gasteiger partial charge in [0.25, 0.3) is 0 Å². The normalized spacial score (nSPS) is 45.8. The van der Waals surface area contributed by atoms with Gasteiger partial charge in [-0.05, 0) is 75.2 Å². The fourth-order valence-electron chi connectivity index (χ4n) is 7.62. The molecule has 0 N–H and O–H groups in total. The summed E-state index contributed by atoms with van der Waals surface area (Å²) in [6.45, 7) is 3.20. The van der Waals surface area contributed by atoms with Crippen LogP contribution in [0.2, 0.25) is 0 Å². The molecule has 1 aliphatic heterocycles. The summed E-state index contributed by atoms with van der Waals surface area (Å²) in [6.07, 6.45) is 14.8. The highest BCUT2D eigenvalue weighted by molar-refractivity contribution is 5.33. The highest BCUT2D eigenvalue weighted by Gasteiger charge is 2.66. The van der Waals surface area contributed by atoms with E-state index in [0.717, 1.165) is 43.6 Å². The first-order chi connectivity index (χ1) is 12.2. The van der Waals surface area contributed by atoms with Gasteiger partial charge < -0.3 is 4.74 Å². The number of allylic oxidation sites excluding steroid dienone is 3. The zero-order valence-corrected chi connectivity index (χ0v) is 15.8. The van der Waals surface area contributed by atoms with Crippen LogP contribution in [-0.4, -0.2) is 19.3 Å². The van der Waals surface area contributed by atoms with Gasteiger partial charge in [-0.3, -0.25) is 0 Å². The van der Waals surface area contributed by atoms with Gasteiger partial charge in [0.05, 0.1) is 19.5 Å². The van der Waals surface area contributed by atoms with E-state index in [-0.39, 0.29) is 5.60 Å². The fourth-order valence-corrected chi connectivity index (χ4v) is 7.62. The number of hydrogen-bond donors (Lipinski definition) is 0. The minimum absolute atomic E-state index is 0.0295. The number of ether oxygens (including phenoxy) is 1. The van der Waals surface area contributed by atoms with Gasteiger partial charge in [-0.15, -0.1) is 0 Å². The summed E-state index contributed by atoms with van der Waals surface area (Å²) in [7, 11) is 1.82. The molecule has 3 nitrogen and oxygen atoms in total. The minimum atomic E-state index is 0.0295. The molecule has 3 fully saturated rings. The summed E-state index contributed by atoms with van der Waals surface area (Å²) in [5.74, 6) is 3.71. The first-order valence-electron chi connectivity index (χ1n) is 10.5. The average Bonchev–Trinajstić information content (AvgIpc) is 3.27. The van der Waals surface area contributed by atoms with E-state index in [0.29, 0.717) is 5.41 Å². The molecule has 138 valence electrons. The average molecular weight is 344 g/mol. The predicted octanol–water partition coefficient (Wildman–Crippen LogP) is 5.32. The molecule has 1 heterocycles. The van der Waals surface area contributed by atoms with E-state index in [2.05, 4.69) is 13.0 Å². The molecule has 1 spiro atoms. The highest BCUT2D eigenvalue weighted by atomic mass is 17.2. The molecule has 0 amide bonds. The van der Waals surface area contributed by atoms with Crippen molar-refractivity contribution in [3.63, 3.8) is 0 Å². The molecule has 0 aromatic rings. The highest BCUT2D eigenvalue weighted by Crippen LogP contribution is 2.68. The smallest absolute Gasteiger partial charge is 0.112 e. The van der Waals surface area contributed by atoms with Crippen molar-refractivity contribution in [2.45, 2.75) is 76.7 Å². The minimum Gasteiger partial charge on any atom is -0.501 e. The van der Waals surface area contributed by atoms with Crippen LogP contribution < -0.4 is 0 Å². The Morgan fingerprint density at radius 1 is 1.20 bits per heavy atom. The summed E-state index contributed by atoms with van der Waals surface area (Å²) in [6, 6.07) is 0. The summed E-state index contributed by atoms with van der Waals surface area (Å²) in [5.41, 5.74) is 3.89. The Morgan fingerprint density at radius 3 is 2.88 bits per heavy atom. The second-order valence-electron chi connectivity index (χ2n) is 9.04. The summed E-state index contributed by atoms with van der Waals surface area (Å²) >= 11 is 0. The third kappa shape index (κ3) is 2.12. The van der Waals surface area contributed by atoms with Gasteiger partial charge in [0.15, 0.2) is 0 Å². The molecule has 1 unspecified atom stereocenters. The fraction of sp³-hybridized carbons (Fsp3) is 0.818. The van der Waals surface area contributed by atoms with E-state index < -0.39 is 0 Å². The van der Waals surface area contributed by atoms with Gasteiger partial charge in [-0.25, -0.2) is 9.78 Å². The Labute approximate surface area is 151 Å². The van der Waals surface area contributed by atoms with Crippen molar-refractivity contribution in [1.29, 1.82) is 0 Å². The third-order valence-corrected chi connectivity index (χ3v) is 8.73. The molecule has 4 aliphatic carbocycles. The molecule has 5 rings (SSSR count). The van der Waals surface area contributed by atoms with Gasteiger partial charge in [0.1, 0.15) is 5.60 Å². The van der Waals surface area contributed by atoms with E-state index in [1.807, 2.05) is 7.11 Å². The summed E-state index contributed by atoms with van der Waals surface area (Å²) in [4.78, 5) is 11.5. The second-order valence-corrected chi connectivity index (χ2v) is 9.04. The van der Waals surface area contributed by atoms with E-state index >= 15 is 0 Å². The van der Waals surface area contributed by atoms with Gasteiger partial charge in [0.2, 0.25) is 0 Å². The topological polar surface area (TPSA) is 27.7 Å². The van der Waals surface area contributed by atoms with E-state index in [9.17, 15) is 0 Å². The molecule has 0 radical (unpaired) electrons. The van der Waals surface area contributed by atoms with Crippen LogP contribution >= 0.6 is 0 Å². The van der Waals surface area contributed by atoms with Crippen LogP contribution in [0.1, 0.15) is 71.1 Å². The van der Waals surface area contributed by atoms with Gasteiger partial charge in [-0.2, -0.15) is 0 Å². The maximum Gasteiger partial charge on any atom is 0.112 e. The van der Waals surface area contributed by atoms with Crippen LogP contribution in [0.3, 0.4) is 0 Å². The Balaban J connectivity index is 1.45. The molecule has 5 atom stereocenters. The Morgan fingerprint density at radius 2 is 2.12 bits per heavy atom. The molecule has 1 saturated heterocycles. The molecular formula is C22H32O3. The lowest BCUT2D eigenvalue weighted by atomic mass is 9.51. The van der Waals surface area contributed by atoms with E-state index in [1.54, 1.807) is 11.1 Å². The van der Waals surface area contributed by atoms with Crippen molar-refractivity contribution < 1.29 is 14.5 Å². The molecule has 0 aromatic heterocycles. The van der Waals surface area contributed by atoms with Crippen molar-refractivity contribution in [1.82, 2.24) is 0 Å². The molecule has 0 aromatic carbocycles. The number of methoxy groups -OCH3 is 1. The molecule has 0 bridgehead atoms. The Hall–Kier alpha value is -0.800. The first-order valence-corrected chi connectivity index (χ1v) is 10.5.